The minimum absolute atomic E-state index is 0. The van der Waals surface area contributed by atoms with Crippen molar-refractivity contribution < 1.29 is 33.8 Å². The molecule has 1 saturated heterocycles. The SMILES string of the molecule is CC[C@](C)(NC(=O)[C@@H](N)CCCCOC(=O)c1ccccc1)C(=O)N[C@H](C(=O)N1CCC[C@@H]1C(=O)O)c1ccccc1.Cl. The molecule has 1 fully saturated rings. The molecule has 11 nitrogen and oxygen atoms in total. The van der Waals surface area contributed by atoms with Crippen LogP contribution in [0.2, 0.25) is 0 Å². The van der Waals surface area contributed by atoms with Crippen LogP contribution in [0, 0.1) is 0 Å². The van der Waals surface area contributed by atoms with Crippen LogP contribution in [0.1, 0.15) is 74.3 Å². The number of amides is 3. The van der Waals surface area contributed by atoms with Crippen molar-refractivity contribution in [3.05, 3.63) is 71.8 Å². The van der Waals surface area contributed by atoms with Gasteiger partial charge < -0.3 is 31.1 Å². The number of hydrogen-bond acceptors (Lipinski definition) is 7. The molecule has 0 bridgehead atoms. The fourth-order valence-corrected chi connectivity index (χ4v) is 4.77. The molecule has 0 spiro atoms. The van der Waals surface area contributed by atoms with E-state index in [1.165, 1.54) is 4.90 Å². The van der Waals surface area contributed by atoms with Gasteiger partial charge >= 0.3 is 11.9 Å². The average Bonchev–Trinajstić information content (AvgIpc) is 3.50. The number of unbranched alkanes of at least 4 members (excludes halogenated alkanes) is 1. The highest BCUT2D eigenvalue weighted by Gasteiger charge is 2.41. The van der Waals surface area contributed by atoms with E-state index < -0.39 is 53.3 Å². The van der Waals surface area contributed by atoms with Gasteiger partial charge in [-0.15, -0.1) is 12.4 Å². The molecule has 0 unspecified atom stereocenters. The second-order valence-electron chi connectivity index (χ2n) is 10.6. The molecule has 234 valence electrons. The zero-order valence-corrected chi connectivity index (χ0v) is 25.3. The maximum Gasteiger partial charge on any atom is 0.338 e. The third-order valence-electron chi connectivity index (χ3n) is 7.57. The second-order valence-corrected chi connectivity index (χ2v) is 10.6. The van der Waals surface area contributed by atoms with Crippen LogP contribution in [0.5, 0.6) is 0 Å². The maximum absolute atomic E-state index is 13.6. The van der Waals surface area contributed by atoms with Crippen molar-refractivity contribution in [3.8, 4) is 0 Å². The molecule has 5 N–H and O–H groups in total. The van der Waals surface area contributed by atoms with Crippen molar-refractivity contribution in [1.82, 2.24) is 15.5 Å². The number of ether oxygens (including phenoxy) is 1. The number of rotatable bonds is 14. The first-order valence-electron chi connectivity index (χ1n) is 14.3. The molecule has 3 amide bonds. The van der Waals surface area contributed by atoms with Gasteiger partial charge in [-0.25, -0.2) is 9.59 Å². The molecule has 43 heavy (non-hydrogen) atoms. The molecule has 0 aliphatic carbocycles. The molecule has 1 aliphatic heterocycles. The van der Waals surface area contributed by atoms with Crippen molar-refractivity contribution in [1.29, 1.82) is 0 Å². The van der Waals surface area contributed by atoms with Crippen molar-refractivity contribution in [2.75, 3.05) is 13.2 Å². The molecule has 3 rings (SSSR count). The summed E-state index contributed by atoms with van der Waals surface area (Å²) in [6, 6.07) is 14.2. The monoisotopic (exact) mass is 616 g/mol. The molecule has 1 heterocycles. The van der Waals surface area contributed by atoms with Crippen LogP contribution in [0.4, 0.5) is 0 Å². The number of aliphatic carboxylic acids is 1. The first kappa shape index (κ1) is 35.2. The molecular formula is C31H41ClN4O7. The molecular weight excluding hydrogens is 576 g/mol. The fraction of sp³-hybridized carbons (Fsp3) is 0.452. The normalized spacial score (nSPS) is 17.0. The van der Waals surface area contributed by atoms with E-state index in [0.717, 1.165) is 0 Å². The van der Waals surface area contributed by atoms with Gasteiger partial charge in [-0.1, -0.05) is 55.5 Å². The van der Waals surface area contributed by atoms with Gasteiger partial charge in [0.1, 0.15) is 17.6 Å². The number of esters is 1. The minimum Gasteiger partial charge on any atom is -0.480 e. The number of nitrogens with two attached hydrogens (primary N) is 1. The van der Waals surface area contributed by atoms with Gasteiger partial charge in [-0.05, 0) is 63.1 Å². The van der Waals surface area contributed by atoms with Gasteiger partial charge in [0.15, 0.2) is 0 Å². The van der Waals surface area contributed by atoms with Crippen LogP contribution >= 0.6 is 12.4 Å². The lowest BCUT2D eigenvalue weighted by molar-refractivity contribution is -0.149. The van der Waals surface area contributed by atoms with E-state index in [0.29, 0.717) is 43.2 Å². The number of benzene rings is 2. The molecule has 2 aromatic carbocycles. The van der Waals surface area contributed by atoms with E-state index in [1.807, 2.05) is 6.07 Å². The van der Waals surface area contributed by atoms with Gasteiger partial charge in [-0.2, -0.15) is 0 Å². The molecule has 0 aromatic heterocycles. The number of nitrogens with one attached hydrogen (secondary N) is 2. The number of carbonyl (C=O) groups is 5. The fourth-order valence-electron chi connectivity index (χ4n) is 4.77. The van der Waals surface area contributed by atoms with E-state index >= 15 is 0 Å². The van der Waals surface area contributed by atoms with Crippen LogP contribution in [-0.2, 0) is 23.9 Å². The molecule has 12 heteroatoms. The van der Waals surface area contributed by atoms with E-state index in [4.69, 9.17) is 10.5 Å². The average molecular weight is 617 g/mol. The first-order chi connectivity index (χ1) is 20.1. The summed E-state index contributed by atoms with van der Waals surface area (Å²) in [5.74, 6) is -3.14. The number of nitrogens with zero attached hydrogens (tertiary/aromatic N) is 1. The van der Waals surface area contributed by atoms with Gasteiger partial charge in [0.2, 0.25) is 11.8 Å². The summed E-state index contributed by atoms with van der Waals surface area (Å²) in [5, 5.41) is 15.1. The second kappa shape index (κ2) is 16.6. The van der Waals surface area contributed by atoms with Gasteiger partial charge in [0.05, 0.1) is 18.2 Å². The van der Waals surface area contributed by atoms with Crippen molar-refractivity contribution in [2.45, 2.75) is 76.0 Å². The predicted octanol–water partition coefficient (Wildman–Crippen LogP) is 2.98. The molecule has 1 aliphatic rings. The first-order valence-corrected chi connectivity index (χ1v) is 14.3. The Morgan fingerprint density at radius 2 is 1.67 bits per heavy atom. The Labute approximate surface area is 257 Å². The highest BCUT2D eigenvalue weighted by atomic mass is 35.5. The Balaban J connectivity index is 0.00000645. The Hall–Kier alpha value is -3.96. The Kier molecular flexibility index (Phi) is 13.6. The predicted molar refractivity (Wildman–Crippen MR) is 162 cm³/mol. The Morgan fingerprint density at radius 1 is 1.05 bits per heavy atom. The number of hydrogen-bond donors (Lipinski definition) is 4. The number of carbonyl (C=O) groups excluding carboxylic acids is 4. The van der Waals surface area contributed by atoms with Gasteiger partial charge in [0.25, 0.3) is 5.91 Å². The van der Waals surface area contributed by atoms with Crippen molar-refractivity contribution >= 4 is 42.1 Å². The highest BCUT2D eigenvalue weighted by Crippen LogP contribution is 2.25. The van der Waals surface area contributed by atoms with Crippen LogP contribution in [0.25, 0.3) is 0 Å². The van der Waals surface area contributed by atoms with Gasteiger partial charge in [-0.3, -0.25) is 14.4 Å². The summed E-state index contributed by atoms with van der Waals surface area (Å²) in [6.07, 6.45) is 2.45. The number of likely N-dealkylation sites (tertiary alicyclic amines) is 1. The zero-order valence-electron chi connectivity index (χ0n) is 24.5. The van der Waals surface area contributed by atoms with Crippen LogP contribution < -0.4 is 16.4 Å². The molecule has 4 atom stereocenters. The standard InChI is InChI=1S/C31H40N4O7.ClH/c1-3-31(2,34-26(36)23(32)17-10-11-20-42-29(40)22-15-8-5-9-16-22)30(41)33-25(21-13-6-4-7-14-21)27(37)35-19-12-18-24(35)28(38)39;/h4-9,13-16,23-25H,3,10-12,17-20,32H2,1-2H3,(H,33,41)(H,34,36)(H,38,39);1H/t23-,24+,25-,31-;/m0./s1. The molecule has 2 aromatic rings. The summed E-state index contributed by atoms with van der Waals surface area (Å²) < 4.78 is 5.25. The summed E-state index contributed by atoms with van der Waals surface area (Å²) in [7, 11) is 0. The van der Waals surface area contributed by atoms with E-state index in [2.05, 4.69) is 10.6 Å². The lowest BCUT2D eigenvalue weighted by Crippen LogP contribution is -2.61. The van der Waals surface area contributed by atoms with Crippen LogP contribution in [-0.4, -0.2) is 70.4 Å². The third-order valence-corrected chi connectivity index (χ3v) is 7.57. The third kappa shape index (κ3) is 9.52. The van der Waals surface area contributed by atoms with Crippen molar-refractivity contribution in [3.63, 3.8) is 0 Å². The summed E-state index contributed by atoms with van der Waals surface area (Å²) >= 11 is 0. The quantitative estimate of drug-likeness (QED) is 0.185. The number of carboxylic acid groups (broad SMARTS) is 1. The van der Waals surface area contributed by atoms with Gasteiger partial charge in [0, 0.05) is 6.54 Å². The minimum atomic E-state index is -1.38. The smallest absolute Gasteiger partial charge is 0.338 e. The molecule has 0 saturated carbocycles. The Bertz CT molecular complexity index is 1250. The number of halogens is 1. The zero-order chi connectivity index (χ0) is 30.7. The maximum atomic E-state index is 13.6. The van der Waals surface area contributed by atoms with E-state index in [1.54, 1.807) is 68.4 Å². The van der Waals surface area contributed by atoms with E-state index in [9.17, 15) is 29.1 Å². The molecule has 0 radical (unpaired) electrons. The topological polar surface area (TPSA) is 168 Å². The largest absolute Gasteiger partial charge is 0.480 e. The highest BCUT2D eigenvalue weighted by molar-refractivity contribution is 5.96. The van der Waals surface area contributed by atoms with E-state index in [-0.39, 0.29) is 32.0 Å². The number of carboxylic acids is 1. The lowest BCUT2D eigenvalue weighted by Gasteiger charge is -2.33. The summed E-state index contributed by atoms with van der Waals surface area (Å²) in [4.78, 5) is 65.1. The van der Waals surface area contributed by atoms with Crippen LogP contribution in [0.3, 0.4) is 0 Å². The Morgan fingerprint density at radius 3 is 2.28 bits per heavy atom. The van der Waals surface area contributed by atoms with Crippen LogP contribution in [0.15, 0.2) is 60.7 Å². The van der Waals surface area contributed by atoms with Crippen molar-refractivity contribution in [2.24, 2.45) is 5.73 Å². The lowest BCUT2D eigenvalue weighted by atomic mass is 9.94. The summed E-state index contributed by atoms with van der Waals surface area (Å²) in [6.45, 7) is 3.74. The summed E-state index contributed by atoms with van der Waals surface area (Å²) in [5.41, 5.74) is 5.69.